The minimum atomic E-state index is -0.0275. The average molecular weight is 273 g/mol. The summed E-state index contributed by atoms with van der Waals surface area (Å²) in [6.07, 6.45) is 5.25. The standard InChI is InChI=1S/C16H23N3O/c1-2-18-16(20)13-8-7-12(17)9-14(13)19-15(10-3-4-10)11-5-6-11/h7-11,15,19H,2-6,17H2,1H3,(H,18,20). The normalized spacial score (nSPS) is 18.1. The predicted octanol–water partition coefficient (Wildman–Crippen LogP) is 2.62. The highest BCUT2D eigenvalue weighted by molar-refractivity contribution is 6.00. The molecule has 20 heavy (non-hydrogen) atoms. The number of carbonyl (C=O) groups is 1. The minimum Gasteiger partial charge on any atom is -0.399 e. The van der Waals surface area contributed by atoms with Gasteiger partial charge in [0.15, 0.2) is 0 Å². The van der Waals surface area contributed by atoms with Gasteiger partial charge in [0, 0.05) is 24.0 Å². The monoisotopic (exact) mass is 273 g/mol. The zero-order valence-corrected chi connectivity index (χ0v) is 12.0. The van der Waals surface area contributed by atoms with Gasteiger partial charge in [-0.2, -0.15) is 0 Å². The van der Waals surface area contributed by atoms with E-state index in [0.717, 1.165) is 17.5 Å². The third-order valence-corrected chi connectivity index (χ3v) is 4.21. The fourth-order valence-corrected chi connectivity index (χ4v) is 2.85. The third-order valence-electron chi connectivity index (χ3n) is 4.21. The minimum absolute atomic E-state index is 0.0275. The number of amides is 1. The van der Waals surface area contributed by atoms with Crippen molar-refractivity contribution in [3.05, 3.63) is 23.8 Å². The quantitative estimate of drug-likeness (QED) is 0.698. The molecule has 0 saturated heterocycles. The highest BCUT2D eigenvalue weighted by atomic mass is 16.1. The van der Waals surface area contributed by atoms with Crippen molar-refractivity contribution in [1.29, 1.82) is 0 Å². The Morgan fingerprint density at radius 3 is 2.50 bits per heavy atom. The average Bonchev–Trinajstić information content (AvgIpc) is 3.28. The van der Waals surface area contributed by atoms with E-state index in [1.165, 1.54) is 25.7 Å². The van der Waals surface area contributed by atoms with Gasteiger partial charge in [-0.15, -0.1) is 0 Å². The third kappa shape index (κ3) is 2.89. The van der Waals surface area contributed by atoms with Crippen LogP contribution in [0.5, 0.6) is 0 Å². The van der Waals surface area contributed by atoms with Crippen molar-refractivity contribution >= 4 is 17.3 Å². The van der Waals surface area contributed by atoms with Gasteiger partial charge in [0.1, 0.15) is 0 Å². The van der Waals surface area contributed by atoms with Gasteiger partial charge in [-0.05, 0) is 62.6 Å². The summed E-state index contributed by atoms with van der Waals surface area (Å²) < 4.78 is 0. The Labute approximate surface area is 120 Å². The molecule has 0 radical (unpaired) electrons. The molecule has 0 aliphatic heterocycles. The van der Waals surface area contributed by atoms with E-state index in [1.54, 1.807) is 6.07 Å². The molecule has 1 aromatic carbocycles. The molecule has 1 aromatic rings. The van der Waals surface area contributed by atoms with Crippen LogP contribution in [0.1, 0.15) is 43.0 Å². The van der Waals surface area contributed by atoms with Gasteiger partial charge in [-0.25, -0.2) is 0 Å². The molecule has 0 bridgehead atoms. The number of hydrogen-bond donors (Lipinski definition) is 3. The summed E-state index contributed by atoms with van der Waals surface area (Å²) in [5.41, 5.74) is 8.18. The first-order chi connectivity index (χ1) is 9.69. The molecule has 0 atom stereocenters. The molecule has 2 aliphatic carbocycles. The summed E-state index contributed by atoms with van der Waals surface area (Å²) in [5, 5.41) is 6.48. The van der Waals surface area contributed by atoms with Gasteiger partial charge in [0.2, 0.25) is 0 Å². The maximum absolute atomic E-state index is 12.1. The molecule has 3 rings (SSSR count). The maximum Gasteiger partial charge on any atom is 0.253 e. The number of benzene rings is 1. The Bertz CT molecular complexity index is 494. The Morgan fingerprint density at radius 1 is 1.30 bits per heavy atom. The van der Waals surface area contributed by atoms with Crippen molar-refractivity contribution in [3.8, 4) is 0 Å². The van der Waals surface area contributed by atoms with Crippen molar-refractivity contribution in [1.82, 2.24) is 5.32 Å². The molecular formula is C16H23N3O. The van der Waals surface area contributed by atoms with Gasteiger partial charge < -0.3 is 16.4 Å². The summed E-state index contributed by atoms with van der Waals surface area (Å²) in [6.45, 7) is 2.57. The van der Waals surface area contributed by atoms with E-state index in [9.17, 15) is 4.79 Å². The number of hydrogen-bond acceptors (Lipinski definition) is 3. The first-order valence-corrected chi connectivity index (χ1v) is 7.63. The smallest absolute Gasteiger partial charge is 0.253 e. The van der Waals surface area contributed by atoms with E-state index in [4.69, 9.17) is 5.73 Å². The SMILES string of the molecule is CCNC(=O)c1ccc(N)cc1NC(C1CC1)C1CC1. The van der Waals surface area contributed by atoms with Gasteiger partial charge in [0.05, 0.1) is 5.56 Å². The molecule has 2 fully saturated rings. The molecule has 0 aromatic heterocycles. The van der Waals surface area contributed by atoms with Crippen LogP contribution in [0.3, 0.4) is 0 Å². The van der Waals surface area contributed by atoms with Gasteiger partial charge in [-0.1, -0.05) is 0 Å². The zero-order chi connectivity index (χ0) is 14.1. The second kappa shape index (κ2) is 5.35. The molecule has 0 unspecified atom stereocenters. The lowest BCUT2D eigenvalue weighted by Crippen LogP contribution is -2.28. The number of rotatable bonds is 6. The van der Waals surface area contributed by atoms with E-state index in [-0.39, 0.29) is 5.91 Å². The van der Waals surface area contributed by atoms with Crippen molar-refractivity contribution in [3.63, 3.8) is 0 Å². The highest BCUT2D eigenvalue weighted by Crippen LogP contribution is 2.46. The fourth-order valence-electron chi connectivity index (χ4n) is 2.85. The number of nitrogen functional groups attached to an aromatic ring is 1. The van der Waals surface area contributed by atoms with Crippen LogP contribution in [0.15, 0.2) is 18.2 Å². The van der Waals surface area contributed by atoms with Crippen molar-refractivity contribution in [2.75, 3.05) is 17.6 Å². The lowest BCUT2D eigenvalue weighted by atomic mass is 10.0. The predicted molar refractivity (Wildman–Crippen MR) is 81.7 cm³/mol. The molecule has 4 heteroatoms. The molecule has 4 nitrogen and oxygen atoms in total. The van der Waals surface area contributed by atoms with Crippen LogP contribution < -0.4 is 16.4 Å². The second-order valence-corrected chi connectivity index (χ2v) is 6.01. The number of carbonyl (C=O) groups excluding carboxylic acids is 1. The van der Waals surface area contributed by atoms with E-state index in [1.807, 2.05) is 19.1 Å². The molecule has 2 aliphatic rings. The van der Waals surface area contributed by atoms with Gasteiger partial charge >= 0.3 is 0 Å². The molecular weight excluding hydrogens is 250 g/mol. The molecule has 0 heterocycles. The maximum atomic E-state index is 12.1. The van der Waals surface area contributed by atoms with Crippen LogP contribution in [0, 0.1) is 11.8 Å². The van der Waals surface area contributed by atoms with E-state index in [2.05, 4.69) is 10.6 Å². The second-order valence-electron chi connectivity index (χ2n) is 6.01. The van der Waals surface area contributed by atoms with Crippen LogP contribution in [0.25, 0.3) is 0 Å². The summed E-state index contributed by atoms with van der Waals surface area (Å²) >= 11 is 0. The topological polar surface area (TPSA) is 67.2 Å². The number of anilines is 2. The highest BCUT2D eigenvalue weighted by Gasteiger charge is 2.41. The number of nitrogens with one attached hydrogen (secondary N) is 2. The molecule has 0 spiro atoms. The van der Waals surface area contributed by atoms with Crippen molar-refractivity contribution in [2.45, 2.75) is 38.6 Å². The summed E-state index contributed by atoms with van der Waals surface area (Å²) in [4.78, 5) is 12.1. The fraction of sp³-hybridized carbons (Fsp3) is 0.562. The Kier molecular flexibility index (Phi) is 3.55. The van der Waals surface area contributed by atoms with Crippen molar-refractivity contribution < 1.29 is 4.79 Å². The van der Waals surface area contributed by atoms with Crippen LogP contribution in [-0.2, 0) is 0 Å². The summed E-state index contributed by atoms with van der Waals surface area (Å²) in [5.74, 6) is 1.54. The zero-order valence-electron chi connectivity index (χ0n) is 12.0. The van der Waals surface area contributed by atoms with E-state index in [0.29, 0.717) is 23.8 Å². The van der Waals surface area contributed by atoms with Gasteiger partial charge in [-0.3, -0.25) is 4.79 Å². The lowest BCUT2D eigenvalue weighted by molar-refractivity contribution is 0.0956. The van der Waals surface area contributed by atoms with Gasteiger partial charge in [0.25, 0.3) is 5.91 Å². The van der Waals surface area contributed by atoms with Crippen molar-refractivity contribution in [2.24, 2.45) is 11.8 Å². The first kappa shape index (κ1) is 13.3. The van der Waals surface area contributed by atoms with Crippen LogP contribution in [0.2, 0.25) is 0 Å². The van der Waals surface area contributed by atoms with Crippen LogP contribution in [0.4, 0.5) is 11.4 Å². The Hall–Kier alpha value is -1.71. The van der Waals surface area contributed by atoms with E-state index < -0.39 is 0 Å². The van der Waals surface area contributed by atoms with E-state index >= 15 is 0 Å². The molecule has 108 valence electrons. The summed E-state index contributed by atoms with van der Waals surface area (Å²) in [6, 6.07) is 6.02. The molecule has 4 N–H and O–H groups in total. The number of nitrogens with two attached hydrogens (primary N) is 1. The Morgan fingerprint density at radius 2 is 1.95 bits per heavy atom. The molecule has 1 amide bonds. The largest absolute Gasteiger partial charge is 0.399 e. The first-order valence-electron chi connectivity index (χ1n) is 7.63. The van der Waals surface area contributed by atoms with Crippen LogP contribution in [-0.4, -0.2) is 18.5 Å². The van der Waals surface area contributed by atoms with Crippen LogP contribution >= 0.6 is 0 Å². The molecule has 2 saturated carbocycles. The summed E-state index contributed by atoms with van der Waals surface area (Å²) in [7, 11) is 0. The lowest BCUT2D eigenvalue weighted by Gasteiger charge is -2.21. The Balaban J connectivity index is 1.82.